The molecular weight excluding hydrogens is 494 g/mol. The van der Waals surface area contributed by atoms with Gasteiger partial charge < -0.3 is 15.2 Å². The van der Waals surface area contributed by atoms with E-state index in [0.717, 1.165) is 27.9 Å². The number of phenols is 1. The molecule has 3 unspecified atom stereocenters. The van der Waals surface area contributed by atoms with Gasteiger partial charge in [0.1, 0.15) is 11.5 Å². The number of carbonyl (C=O) groups excluding carboxylic acids is 1. The van der Waals surface area contributed by atoms with Crippen LogP contribution in [0.3, 0.4) is 0 Å². The lowest BCUT2D eigenvalue weighted by molar-refractivity contribution is -0.141. The van der Waals surface area contributed by atoms with Crippen LogP contribution >= 0.6 is 0 Å². The Labute approximate surface area is 238 Å². The molecule has 5 rings (SSSR count). The molecular formula is C36H39NO3. The van der Waals surface area contributed by atoms with Gasteiger partial charge in [-0.25, -0.2) is 0 Å². The Balaban J connectivity index is 1.77. The highest BCUT2D eigenvalue weighted by molar-refractivity contribution is 5.83. The van der Waals surface area contributed by atoms with Crippen LogP contribution in [-0.4, -0.2) is 11.1 Å². The minimum atomic E-state index is -0.547. The molecule has 4 nitrogen and oxygen atoms in total. The fourth-order valence-corrected chi connectivity index (χ4v) is 5.64. The molecule has 4 heteroatoms. The zero-order valence-electron chi connectivity index (χ0n) is 24.2. The summed E-state index contributed by atoms with van der Waals surface area (Å²) in [6.07, 6.45) is 0. The summed E-state index contributed by atoms with van der Waals surface area (Å²) in [6.45, 7) is 13.2. The van der Waals surface area contributed by atoms with Crippen molar-refractivity contribution in [3.8, 4) is 11.5 Å². The monoisotopic (exact) mass is 533 g/mol. The van der Waals surface area contributed by atoms with Gasteiger partial charge in [0.25, 0.3) is 0 Å². The van der Waals surface area contributed by atoms with Crippen LogP contribution in [0.25, 0.3) is 0 Å². The maximum Gasteiger partial charge on any atom is 0.317 e. The fraction of sp³-hybridized carbons (Fsp3) is 0.306. The molecule has 0 fully saturated rings. The molecule has 4 aromatic rings. The topological polar surface area (TPSA) is 58.6 Å². The molecule has 3 atom stereocenters. The summed E-state index contributed by atoms with van der Waals surface area (Å²) in [6, 6.07) is 31.5. The van der Waals surface area contributed by atoms with E-state index in [0.29, 0.717) is 5.75 Å². The summed E-state index contributed by atoms with van der Waals surface area (Å²) >= 11 is 0. The van der Waals surface area contributed by atoms with Crippen LogP contribution in [0.15, 0.2) is 97.1 Å². The normalized spacial score (nSPS) is 18.0. The van der Waals surface area contributed by atoms with Gasteiger partial charge in [0.2, 0.25) is 0 Å². The lowest BCUT2D eigenvalue weighted by Gasteiger charge is -2.40. The van der Waals surface area contributed by atoms with Crippen molar-refractivity contribution >= 4 is 11.7 Å². The molecule has 0 saturated carbocycles. The number of ether oxygens (including phenoxy) is 1. The fourth-order valence-electron chi connectivity index (χ4n) is 5.64. The number of nitrogens with one attached hydrogen (secondary N) is 1. The Bertz CT molecular complexity index is 1480. The van der Waals surface area contributed by atoms with Gasteiger partial charge in [0.15, 0.2) is 0 Å². The highest BCUT2D eigenvalue weighted by Crippen LogP contribution is 2.51. The Kier molecular flexibility index (Phi) is 7.22. The number of carbonyl (C=O) groups is 1. The van der Waals surface area contributed by atoms with Crippen molar-refractivity contribution in [2.24, 2.45) is 5.92 Å². The van der Waals surface area contributed by atoms with E-state index in [2.05, 4.69) is 83.3 Å². The molecule has 1 aliphatic rings. The third-order valence-electron chi connectivity index (χ3n) is 7.83. The summed E-state index contributed by atoms with van der Waals surface area (Å²) in [5, 5.41) is 13.5. The second-order valence-electron chi connectivity index (χ2n) is 12.9. The van der Waals surface area contributed by atoms with Crippen LogP contribution in [-0.2, 0) is 15.6 Å². The molecule has 206 valence electrons. The van der Waals surface area contributed by atoms with E-state index in [1.54, 1.807) is 12.1 Å². The minimum Gasteiger partial charge on any atom is -0.508 e. The van der Waals surface area contributed by atoms with Crippen LogP contribution in [0.4, 0.5) is 5.69 Å². The third kappa shape index (κ3) is 5.49. The van der Waals surface area contributed by atoms with Gasteiger partial charge >= 0.3 is 5.97 Å². The lowest BCUT2D eigenvalue weighted by Crippen LogP contribution is -2.40. The second-order valence-corrected chi connectivity index (χ2v) is 12.9. The van der Waals surface area contributed by atoms with Crippen molar-refractivity contribution in [1.29, 1.82) is 0 Å². The number of fused-ring (bicyclic) bond motifs is 1. The number of hydrogen-bond donors (Lipinski definition) is 2. The summed E-state index contributed by atoms with van der Waals surface area (Å²) < 4.78 is 6.36. The van der Waals surface area contributed by atoms with Crippen LogP contribution < -0.4 is 10.1 Å². The summed E-state index contributed by atoms with van der Waals surface area (Å²) in [4.78, 5) is 14.3. The van der Waals surface area contributed by atoms with E-state index in [1.165, 1.54) is 5.56 Å². The van der Waals surface area contributed by atoms with Crippen molar-refractivity contribution in [3.05, 3.63) is 125 Å². The molecule has 1 heterocycles. The molecule has 0 aromatic heterocycles. The quantitative estimate of drug-likeness (QED) is 0.153. The maximum atomic E-state index is 14.3. The van der Waals surface area contributed by atoms with Crippen molar-refractivity contribution in [3.63, 3.8) is 0 Å². The van der Waals surface area contributed by atoms with Gasteiger partial charge in [0.05, 0.1) is 12.0 Å². The predicted octanol–water partition coefficient (Wildman–Crippen LogP) is 8.51. The lowest BCUT2D eigenvalue weighted by atomic mass is 9.70. The van der Waals surface area contributed by atoms with Crippen molar-refractivity contribution < 1.29 is 14.6 Å². The first-order valence-corrected chi connectivity index (χ1v) is 14.0. The van der Waals surface area contributed by atoms with E-state index < -0.39 is 5.92 Å². The Morgan fingerprint density at radius 3 is 1.95 bits per heavy atom. The van der Waals surface area contributed by atoms with E-state index in [9.17, 15) is 9.90 Å². The van der Waals surface area contributed by atoms with Crippen LogP contribution in [0.5, 0.6) is 11.5 Å². The Morgan fingerprint density at radius 2 is 1.38 bits per heavy atom. The molecule has 1 aliphatic heterocycles. The molecule has 2 N–H and O–H groups in total. The summed E-state index contributed by atoms with van der Waals surface area (Å²) in [7, 11) is 0. The summed E-state index contributed by atoms with van der Waals surface area (Å²) in [5.41, 5.74) is 5.88. The third-order valence-corrected chi connectivity index (χ3v) is 7.83. The first-order chi connectivity index (χ1) is 18.9. The average molecular weight is 534 g/mol. The van der Waals surface area contributed by atoms with Crippen LogP contribution in [0, 0.1) is 5.92 Å². The van der Waals surface area contributed by atoms with Crippen molar-refractivity contribution in [1.82, 2.24) is 0 Å². The van der Waals surface area contributed by atoms with Gasteiger partial charge in [-0.1, -0.05) is 114 Å². The predicted molar refractivity (Wildman–Crippen MR) is 162 cm³/mol. The number of rotatable bonds is 5. The number of hydrogen-bond acceptors (Lipinski definition) is 4. The van der Waals surface area contributed by atoms with E-state index in [-0.39, 0.29) is 34.5 Å². The molecule has 0 radical (unpaired) electrons. The molecule has 0 saturated heterocycles. The molecule has 4 aromatic carbocycles. The molecule has 0 amide bonds. The minimum absolute atomic E-state index is 0.0870. The zero-order chi connectivity index (χ0) is 28.7. The highest BCUT2D eigenvalue weighted by Gasteiger charge is 2.46. The molecule has 0 spiro atoms. The standard InChI is InChI=1S/C36H39NO3/c1-35(2,3)25-21-28-30(23-13-9-7-10-14-23)31(34(39)40-33(28)29(22-25)36(4,5)6)32(24-15-11-8-12-16-24)37-26-17-19-27(38)20-18-26/h7-22,30-32,37-38H,1-6H3. The second kappa shape index (κ2) is 10.5. The van der Waals surface area contributed by atoms with E-state index >= 15 is 0 Å². The molecule has 0 bridgehead atoms. The first-order valence-electron chi connectivity index (χ1n) is 14.0. The molecule has 0 aliphatic carbocycles. The maximum absolute atomic E-state index is 14.3. The van der Waals surface area contributed by atoms with Gasteiger partial charge in [-0.3, -0.25) is 4.79 Å². The smallest absolute Gasteiger partial charge is 0.317 e. The summed E-state index contributed by atoms with van der Waals surface area (Å²) in [5.74, 6) is -0.160. The molecule has 40 heavy (non-hydrogen) atoms. The number of esters is 1. The Morgan fingerprint density at radius 1 is 0.775 bits per heavy atom. The van der Waals surface area contributed by atoms with Gasteiger partial charge in [0, 0.05) is 22.7 Å². The number of anilines is 1. The first kappa shape index (κ1) is 27.5. The zero-order valence-corrected chi connectivity index (χ0v) is 24.2. The Hall–Kier alpha value is -4.05. The number of phenolic OH excluding ortho intramolecular Hbond substituents is 1. The largest absolute Gasteiger partial charge is 0.508 e. The van der Waals surface area contributed by atoms with E-state index in [1.807, 2.05) is 48.5 Å². The van der Waals surface area contributed by atoms with Gasteiger partial charge in [-0.15, -0.1) is 0 Å². The van der Waals surface area contributed by atoms with Crippen LogP contribution in [0.1, 0.15) is 81.3 Å². The average Bonchev–Trinajstić information content (AvgIpc) is 2.91. The van der Waals surface area contributed by atoms with Crippen molar-refractivity contribution in [2.75, 3.05) is 5.32 Å². The number of benzene rings is 4. The van der Waals surface area contributed by atoms with E-state index in [4.69, 9.17) is 4.74 Å². The van der Waals surface area contributed by atoms with Crippen LogP contribution in [0.2, 0.25) is 0 Å². The SMILES string of the molecule is CC(C)(C)c1cc2c(c(C(C)(C)C)c1)OC(=O)C(C(Nc1ccc(O)cc1)c1ccccc1)C2c1ccccc1. The van der Waals surface area contributed by atoms with Gasteiger partial charge in [-0.05, 0) is 51.8 Å². The van der Waals surface area contributed by atoms with Crippen molar-refractivity contribution in [2.45, 2.75) is 64.3 Å². The van der Waals surface area contributed by atoms with Gasteiger partial charge in [-0.2, -0.15) is 0 Å². The highest BCUT2D eigenvalue weighted by atomic mass is 16.5. The number of aromatic hydroxyl groups is 1.